The van der Waals surface area contributed by atoms with Gasteiger partial charge in [0, 0.05) is 44.1 Å². The molecule has 3 heterocycles. The van der Waals surface area contributed by atoms with Crippen LogP contribution in [0.4, 0.5) is 0 Å². The fraction of sp³-hybridized carbons (Fsp3) is 0.364. The molecule has 0 bridgehead atoms. The van der Waals surface area contributed by atoms with Crippen molar-refractivity contribution in [3.63, 3.8) is 0 Å². The van der Waals surface area contributed by atoms with E-state index in [1.807, 2.05) is 12.1 Å². The second-order valence-corrected chi connectivity index (χ2v) is 7.26. The number of pyridine rings is 1. The van der Waals surface area contributed by atoms with Crippen molar-refractivity contribution in [3.8, 4) is 0 Å². The Hall–Kier alpha value is -2.90. The van der Waals surface area contributed by atoms with Crippen LogP contribution in [0.25, 0.3) is 0 Å². The minimum Gasteiger partial charge on any atom is -0.379 e. The van der Waals surface area contributed by atoms with E-state index in [0.717, 1.165) is 13.1 Å². The van der Waals surface area contributed by atoms with E-state index in [0.29, 0.717) is 37.4 Å². The van der Waals surface area contributed by atoms with E-state index in [-0.39, 0.29) is 5.78 Å². The molecular weight excluding hydrogens is 370 g/mol. The maximum atomic E-state index is 13.2. The summed E-state index contributed by atoms with van der Waals surface area (Å²) < 4.78 is 5.37. The van der Waals surface area contributed by atoms with E-state index in [1.54, 1.807) is 47.6 Å². The second-order valence-electron chi connectivity index (χ2n) is 7.26. The molecule has 0 spiro atoms. The molecule has 0 radical (unpaired) electrons. The van der Waals surface area contributed by atoms with Crippen molar-refractivity contribution in [1.29, 1.82) is 0 Å². The lowest BCUT2D eigenvalue weighted by Crippen LogP contribution is -2.42. The maximum absolute atomic E-state index is 13.2. The molecule has 1 aromatic carbocycles. The number of aromatic nitrogens is 1. The number of hydrogen-bond acceptors (Lipinski definition) is 6. The number of Topliss-reactive ketones (excluding diaryl/α,β-unsaturated/α-hetero) is 2. The van der Waals surface area contributed by atoms with Crippen molar-refractivity contribution in [3.05, 3.63) is 66.0 Å². The number of carbonyl (C=O) groups is 3. The second kappa shape index (κ2) is 8.63. The van der Waals surface area contributed by atoms with Crippen LogP contribution in [0.2, 0.25) is 0 Å². The summed E-state index contributed by atoms with van der Waals surface area (Å²) in [6.07, 6.45) is 3.26. The Kier molecular flexibility index (Phi) is 5.78. The van der Waals surface area contributed by atoms with Gasteiger partial charge >= 0.3 is 0 Å². The Morgan fingerprint density at radius 1 is 1.03 bits per heavy atom. The van der Waals surface area contributed by atoms with Crippen LogP contribution in [0.15, 0.2) is 54.9 Å². The highest BCUT2D eigenvalue weighted by atomic mass is 16.5. The van der Waals surface area contributed by atoms with E-state index in [1.165, 1.54) is 0 Å². The molecule has 0 aliphatic carbocycles. The molecule has 150 valence electrons. The van der Waals surface area contributed by atoms with Gasteiger partial charge in [0.2, 0.25) is 5.78 Å². The van der Waals surface area contributed by atoms with Gasteiger partial charge in [-0.3, -0.25) is 24.3 Å². The first kappa shape index (κ1) is 19.4. The van der Waals surface area contributed by atoms with E-state index >= 15 is 0 Å². The first-order chi connectivity index (χ1) is 14.2. The van der Waals surface area contributed by atoms with Crippen LogP contribution in [0, 0.1) is 5.92 Å². The molecule has 2 fully saturated rings. The zero-order chi connectivity index (χ0) is 20.2. The van der Waals surface area contributed by atoms with Gasteiger partial charge in [-0.05, 0) is 11.6 Å². The number of rotatable bonds is 6. The number of carbonyl (C=O) groups excluding carboxylic acids is 3. The van der Waals surface area contributed by atoms with Gasteiger partial charge in [0.15, 0.2) is 5.78 Å². The zero-order valence-corrected chi connectivity index (χ0v) is 16.1. The predicted molar refractivity (Wildman–Crippen MR) is 105 cm³/mol. The fourth-order valence-electron chi connectivity index (χ4n) is 4.01. The SMILES string of the molecule is O=C1C(=O)N(CCN2CCOCC2)C(c2cccnc2)C1C(=O)c1ccccc1. The molecule has 2 atom stereocenters. The molecule has 2 aliphatic rings. The van der Waals surface area contributed by atoms with Gasteiger partial charge in [0.1, 0.15) is 5.92 Å². The number of benzene rings is 1. The minimum absolute atomic E-state index is 0.327. The first-order valence-electron chi connectivity index (χ1n) is 9.81. The normalized spacial score (nSPS) is 22.8. The van der Waals surface area contributed by atoms with Crippen LogP contribution in [-0.2, 0) is 14.3 Å². The van der Waals surface area contributed by atoms with Crippen molar-refractivity contribution < 1.29 is 19.1 Å². The number of nitrogens with zero attached hydrogens (tertiary/aromatic N) is 3. The number of likely N-dealkylation sites (tertiary alicyclic amines) is 1. The van der Waals surface area contributed by atoms with Crippen molar-refractivity contribution >= 4 is 17.5 Å². The van der Waals surface area contributed by atoms with Crippen LogP contribution >= 0.6 is 0 Å². The number of amides is 1. The van der Waals surface area contributed by atoms with E-state index < -0.39 is 23.7 Å². The van der Waals surface area contributed by atoms with Gasteiger partial charge < -0.3 is 9.64 Å². The Labute approximate surface area is 169 Å². The summed E-state index contributed by atoms with van der Waals surface area (Å²) in [6.45, 7) is 3.91. The third kappa shape index (κ3) is 3.97. The molecule has 2 unspecified atom stereocenters. The summed E-state index contributed by atoms with van der Waals surface area (Å²) in [4.78, 5) is 46.8. The van der Waals surface area contributed by atoms with Crippen molar-refractivity contribution in [2.75, 3.05) is 39.4 Å². The van der Waals surface area contributed by atoms with Gasteiger partial charge in [0.05, 0.1) is 19.3 Å². The lowest BCUT2D eigenvalue weighted by Gasteiger charge is -2.31. The van der Waals surface area contributed by atoms with Gasteiger partial charge in [-0.25, -0.2) is 0 Å². The van der Waals surface area contributed by atoms with Crippen LogP contribution in [0.1, 0.15) is 22.0 Å². The van der Waals surface area contributed by atoms with Crippen LogP contribution < -0.4 is 0 Å². The number of ether oxygens (including phenoxy) is 1. The largest absolute Gasteiger partial charge is 0.379 e. The van der Waals surface area contributed by atoms with E-state index in [4.69, 9.17) is 4.74 Å². The summed E-state index contributed by atoms with van der Waals surface area (Å²) in [5.74, 6) is -2.62. The van der Waals surface area contributed by atoms with Crippen LogP contribution in [0.5, 0.6) is 0 Å². The lowest BCUT2D eigenvalue weighted by molar-refractivity contribution is -0.141. The molecule has 1 aromatic heterocycles. The summed E-state index contributed by atoms with van der Waals surface area (Å²) in [5, 5.41) is 0. The molecular formula is C22H23N3O4. The Bertz CT molecular complexity index is 881. The van der Waals surface area contributed by atoms with E-state index in [2.05, 4.69) is 9.88 Å². The molecule has 2 aromatic rings. The average molecular weight is 393 g/mol. The van der Waals surface area contributed by atoms with Gasteiger partial charge in [0.25, 0.3) is 5.91 Å². The monoisotopic (exact) mass is 393 g/mol. The quantitative estimate of drug-likeness (QED) is 0.419. The number of ketones is 2. The smallest absolute Gasteiger partial charge is 0.291 e. The summed E-state index contributed by atoms with van der Waals surface area (Å²) in [5.41, 5.74) is 1.13. The highest BCUT2D eigenvalue weighted by molar-refractivity contribution is 6.44. The Morgan fingerprint density at radius 3 is 2.48 bits per heavy atom. The third-order valence-corrected chi connectivity index (χ3v) is 5.53. The van der Waals surface area contributed by atoms with Crippen LogP contribution in [-0.4, -0.2) is 71.7 Å². The topological polar surface area (TPSA) is 79.8 Å². The Balaban J connectivity index is 1.64. The Morgan fingerprint density at radius 2 is 1.79 bits per heavy atom. The van der Waals surface area contributed by atoms with Gasteiger partial charge in [-0.2, -0.15) is 0 Å². The standard InChI is InChI=1S/C22H23N3O4/c26-20(16-5-2-1-3-6-16)18-19(17-7-4-8-23-15-17)25(22(28)21(18)27)10-9-24-11-13-29-14-12-24/h1-8,15,18-19H,9-14H2. The molecule has 1 amide bonds. The summed E-state index contributed by atoms with van der Waals surface area (Å²) in [7, 11) is 0. The van der Waals surface area contributed by atoms with Crippen LogP contribution in [0.3, 0.4) is 0 Å². The van der Waals surface area contributed by atoms with Crippen molar-refractivity contribution in [2.24, 2.45) is 5.92 Å². The molecule has 7 nitrogen and oxygen atoms in total. The van der Waals surface area contributed by atoms with Gasteiger partial charge in [-0.1, -0.05) is 36.4 Å². The molecule has 2 aliphatic heterocycles. The lowest BCUT2D eigenvalue weighted by atomic mass is 9.87. The molecule has 2 saturated heterocycles. The third-order valence-electron chi connectivity index (χ3n) is 5.53. The molecule has 7 heteroatoms. The van der Waals surface area contributed by atoms with E-state index in [9.17, 15) is 14.4 Å². The minimum atomic E-state index is -1.06. The summed E-state index contributed by atoms with van der Waals surface area (Å²) in [6, 6.07) is 11.6. The summed E-state index contributed by atoms with van der Waals surface area (Å²) >= 11 is 0. The molecule has 4 rings (SSSR count). The molecule has 0 N–H and O–H groups in total. The van der Waals surface area contributed by atoms with Crippen molar-refractivity contribution in [1.82, 2.24) is 14.8 Å². The van der Waals surface area contributed by atoms with Crippen molar-refractivity contribution in [2.45, 2.75) is 6.04 Å². The van der Waals surface area contributed by atoms with Gasteiger partial charge in [-0.15, -0.1) is 0 Å². The zero-order valence-electron chi connectivity index (χ0n) is 16.1. The number of hydrogen-bond donors (Lipinski definition) is 0. The highest BCUT2D eigenvalue weighted by Gasteiger charge is 2.51. The maximum Gasteiger partial charge on any atom is 0.291 e. The molecule has 29 heavy (non-hydrogen) atoms. The average Bonchev–Trinajstić information content (AvgIpc) is 3.04. The number of morpholine rings is 1. The highest BCUT2D eigenvalue weighted by Crippen LogP contribution is 2.37. The fourth-order valence-corrected chi connectivity index (χ4v) is 4.01. The molecule has 0 saturated carbocycles. The first-order valence-corrected chi connectivity index (χ1v) is 9.81. The predicted octanol–water partition coefficient (Wildman–Crippen LogP) is 1.37.